The summed E-state index contributed by atoms with van der Waals surface area (Å²) >= 11 is 0. The Morgan fingerprint density at radius 2 is 1.88 bits per heavy atom. The minimum Gasteiger partial charge on any atom is -0.346 e. The Hall–Kier alpha value is -2.60. The monoisotopic (exact) mass is 328 g/mol. The van der Waals surface area contributed by atoms with Crippen LogP contribution in [-0.2, 0) is 16.8 Å². The molecule has 0 aromatic heterocycles. The number of fused-ring (bicyclic) bond motifs is 3. The van der Waals surface area contributed by atoms with Gasteiger partial charge in [-0.25, -0.2) is 0 Å². The Labute approximate surface area is 147 Å². The lowest BCUT2D eigenvalue weighted by atomic mass is 9.71. The van der Waals surface area contributed by atoms with E-state index in [2.05, 4.69) is 35.7 Å². The fraction of sp³-hybridized carbons (Fsp3) is 0.364. The van der Waals surface area contributed by atoms with Crippen molar-refractivity contribution in [2.24, 2.45) is 11.8 Å². The predicted molar refractivity (Wildman–Crippen MR) is 94.7 cm³/mol. The Morgan fingerprint density at radius 3 is 2.56 bits per heavy atom. The lowest BCUT2D eigenvalue weighted by Gasteiger charge is -2.43. The van der Waals surface area contributed by atoms with E-state index < -0.39 is 0 Å². The number of nitrogens with zero attached hydrogens (tertiary/aromatic N) is 1. The molecule has 2 aromatic rings. The van der Waals surface area contributed by atoms with Gasteiger partial charge in [0.05, 0.1) is 17.2 Å². The first-order chi connectivity index (χ1) is 12.2. The van der Waals surface area contributed by atoms with Gasteiger partial charge in [-0.3, -0.25) is 4.79 Å². The van der Waals surface area contributed by atoms with Crippen LogP contribution in [0, 0.1) is 23.2 Å². The third-order valence-corrected chi connectivity index (χ3v) is 6.48. The standard InChI is InChI=1S/C22H20N2O/c23-13-14-6-8-16(9-7-14)22(10-3-11-22)24-21(25)20-18-12-15-4-1-2-5-17(15)19(18)20/h1-2,4-9,18-20H,3,10-12H2,(H,24,25). The van der Waals surface area contributed by atoms with Crippen LogP contribution in [0.25, 0.3) is 0 Å². The molecule has 1 amide bonds. The number of carbonyl (C=O) groups is 1. The maximum absolute atomic E-state index is 13.0. The number of benzene rings is 2. The molecule has 0 spiro atoms. The molecule has 2 fully saturated rings. The van der Waals surface area contributed by atoms with Crippen molar-refractivity contribution in [1.29, 1.82) is 5.26 Å². The summed E-state index contributed by atoms with van der Waals surface area (Å²) in [6.45, 7) is 0. The molecule has 1 N–H and O–H groups in total. The number of hydrogen-bond acceptors (Lipinski definition) is 2. The third-order valence-electron chi connectivity index (χ3n) is 6.48. The van der Waals surface area contributed by atoms with Gasteiger partial charge < -0.3 is 5.32 Å². The largest absolute Gasteiger partial charge is 0.346 e. The normalized spacial score (nSPS) is 27.4. The Kier molecular flexibility index (Phi) is 3.06. The van der Waals surface area contributed by atoms with Crippen LogP contribution in [0.2, 0.25) is 0 Å². The van der Waals surface area contributed by atoms with E-state index in [0.29, 0.717) is 17.4 Å². The molecule has 124 valence electrons. The van der Waals surface area contributed by atoms with Crippen molar-refractivity contribution in [3.8, 4) is 6.07 Å². The number of carbonyl (C=O) groups excluding carboxylic acids is 1. The zero-order valence-corrected chi connectivity index (χ0v) is 14.0. The minimum absolute atomic E-state index is 0.144. The molecule has 3 aliphatic carbocycles. The Balaban J connectivity index is 1.35. The van der Waals surface area contributed by atoms with Crippen LogP contribution < -0.4 is 5.32 Å². The van der Waals surface area contributed by atoms with Crippen LogP contribution in [-0.4, -0.2) is 5.91 Å². The number of rotatable bonds is 3. The fourth-order valence-corrected chi connectivity index (χ4v) is 4.91. The Bertz CT molecular complexity index is 889. The summed E-state index contributed by atoms with van der Waals surface area (Å²) in [6.07, 6.45) is 4.16. The molecule has 3 unspecified atom stereocenters. The first kappa shape index (κ1) is 14.7. The average molecular weight is 328 g/mol. The maximum atomic E-state index is 13.0. The summed E-state index contributed by atoms with van der Waals surface area (Å²) in [7, 11) is 0. The molecule has 3 nitrogen and oxygen atoms in total. The van der Waals surface area contributed by atoms with Gasteiger partial charge in [-0.15, -0.1) is 0 Å². The molecular formula is C22H20N2O. The van der Waals surface area contributed by atoms with Crippen molar-refractivity contribution in [3.63, 3.8) is 0 Å². The number of hydrogen-bond donors (Lipinski definition) is 1. The zero-order valence-electron chi connectivity index (χ0n) is 14.0. The van der Waals surface area contributed by atoms with Gasteiger partial charge in [0.2, 0.25) is 5.91 Å². The highest BCUT2D eigenvalue weighted by molar-refractivity contribution is 5.85. The highest BCUT2D eigenvalue weighted by atomic mass is 16.2. The van der Waals surface area contributed by atoms with Crippen molar-refractivity contribution < 1.29 is 4.79 Å². The van der Waals surface area contributed by atoms with Crippen molar-refractivity contribution in [3.05, 3.63) is 70.8 Å². The molecule has 0 radical (unpaired) electrons. The molecule has 0 heterocycles. The van der Waals surface area contributed by atoms with E-state index in [1.54, 1.807) is 0 Å². The van der Waals surface area contributed by atoms with Crippen molar-refractivity contribution in [2.75, 3.05) is 0 Å². The molecule has 5 rings (SSSR count). The van der Waals surface area contributed by atoms with Crippen molar-refractivity contribution in [2.45, 2.75) is 37.1 Å². The average Bonchev–Trinajstić information content (AvgIpc) is 3.20. The van der Waals surface area contributed by atoms with E-state index in [1.165, 1.54) is 11.1 Å². The molecule has 25 heavy (non-hydrogen) atoms. The smallest absolute Gasteiger partial charge is 0.224 e. The van der Waals surface area contributed by atoms with Gasteiger partial charge in [-0.2, -0.15) is 5.26 Å². The molecule has 3 aliphatic rings. The van der Waals surface area contributed by atoms with Gasteiger partial charge in [0.25, 0.3) is 0 Å². The zero-order chi connectivity index (χ0) is 17.0. The summed E-state index contributed by atoms with van der Waals surface area (Å²) in [4.78, 5) is 13.0. The van der Waals surface area contributed by atoms with Gasteiger partial charge in [0.1, 0.15) is 0 Å². The number of nitrogens with one attached hydrogen (secondary N) is 1. The summed E-state index contributed by atoms with van der Waals surface area (Å²) in [6, 6.07) is 18.4. The third kappa shape index (κ3) is 2.14. The van der Waals surface area contributed by atoms with E-state index in [4.69, 9.17) is 5.26 Å². The second-order valence-corrected chi connectivity index (χ2v) is 7.73. The van der Waals surface area contributed by atoms with Crippen molar-refractivity contribution >= 4 is 5.91 Å². The van der Waals surface area contributed by atoms with E-state index in [-0.39, 0.29) is 17.4 Å². The Morgan fingerprint density at radius 1 is 1.12 bits per heavy atom. The lowest BCUT2D eigenvalue weighted by Crippen LogP contribution is -2.51. The molecule has 0 saturated heterocycles. The highest BCUT2D eigenvalue weighted by Gasteiger charge is 2.60. The second kappa shape index (κ2) is 5.20. The van der Waals surface area contributed by atoms with Gasteiger partial charge in [0.15, 0.2) is 0 Å². The second-order valence-electron chi connectivity index (χ2n) is 7.73. The number of nitriles is 1. The molecular weight excluding hydrogens is 308 g/mol. The van der Waals surface area contributed by atoms with Crippen LogP contribution in [0.15, 0.2) is 48.5 Å². The van der Waals surface area contributed by atoms with Crippen LogP contribution >= 0.6 is 0 Å². The first-order valence-electron chi connectivity index (χ1n) is 9.12. The van der Waals surface area contributed by atoms with E-state index in [0.717, 1.165) is 31.2 Å². The fourth-order valence-electron chi connectivity index (χ4n) is 4.91. The first-order valence-corrected chi connectivity index (χ1v) is 9.12. The molecule has 0 aliphatic heterocycles. The summed E-state index contributed by atoms with van der Waals surface area (Å²) in [5, 5.41) is 12.4. The number of amides is 1. The van der Waals surface area contributed by atoms with E-state index >= 15 is 0 Å². The summed E-state index contributed by atoms with van der Waals surface area (Å²) < 4.78 is 0. The highest BCUT2D eigenvalue weighted by Crippen LogP contribution is 2.61. The molecule has 0 bridgehead atoms. The summed E-state index contributed by atoms with van der Waals surface area (Å²) in [5.41, 5.74) is 4.39. The molecule has 3 atom stereocenters. The molecule has 2 saturated carbocycles. The maximum Gasteiger partial charge on any atom is 0.224 e. The van der Waals surface area contributed by atoms with Crippen LogP contribution in [0.4, 0.5) is 0 Å². The SMILES string of the molecule is N#Cc1ccc(C2(NC(=O)C3C4Cc5ccccc5C43)CCC2)cc1. The van der Waals surface area contributed by atoms with E-state index in [9.17, 15) is 4.79 Å². The topological polar surface area (TPSA) is 52.9 Å². The van der Waals surface area contributed by atoms with E-state index in [1.807, 2.05) is 24.3 Å². The predicted octanol–water partition coefficient (Wildman–Crippen LogP) is 3.64. The minimum atomic E-state index is -0.221. The van der Waals surface area contributed by atoms with Crippen LogP contribution in [0.1, 0.15) is 47.4 Å². The van der Waals surface area contributed by atoms with Gasteiger partial charge in [0, 0.05) is 5.92 Å². The molecule has 2 aromatic carbocycles. The van der Waals surface area contributed by atoms with Crippen LogP contribution in [0.3, 0.4) is 0 Å². The quantitative estimate of drug-likeness (QED) is 0.935. The van der Waals surface area contributed by atoms with Gasteiger partial charge >= 0.3 is 0 Å². The van der Waals surface area contributed by atoms with Gasteiger partial charge in [-0.1, -0.05) is 36.4 Å². The van der Waals surface area contributed by atoms with Gasteiger partial charge in [-0.05, 0) is 66.3 Å². The molecule has 3 heteroatoms. The van der Waals surface area contributed by atoms with Crippen LogP contribution in [0.5, 0.6) is 0 Å². The van der Waals surface area contributed by atoms with Crippen molar-refractivity contribution in [1.82, 2.24) is 5.32 Å². The lowest BCUT2D eigenvalue weighted by molar-refractivity contribution is -0.126. The summed E-state index contributed by atoms with van der Waals surface area (Å²) in [5.74, 6) is 1.28.